The molecule has 0 unspecified atom stereocenters. The fraction of sp³-hybridized carbons (Fsp3) is 0.417. The molecule has 0 spiro atoms. The Labute approximate surface area is 186 Å². The molecule has 1 aliphatic rings. The fourth-order valence-corrected chi connectivity index (χ4v) is 3.55. The molecule has 6 heteroatoms. The van der Waals surface area contributed by atoms with Gasteiger partial charge in [0.2, 0.25) is 5.91 Å². The zero-order valence-corrected chi connectivity index (χ0v) is 19.2. The molecule has 0 heterocycles. The number of rotatable bonds is 10. The Morgan fingerprint density at radius 2 is 1.80 bits per heavy atom. The molecule has 1 fully saturated rings. The number of amides is 2. The van der Waals surface area contributed by atoms with Gasteiger partial charge in [-0.05, 0) is 62.1 Å². The van der Waals surface area contributed by atoms with Crippen LogP contribution in [-0.4, -0.2) is 18.4 Å². The van der Waals surface area contributed by atoms with Gasteiger partial charge >= 0.3 is 0 Å². The summed E-state index contributed by atoms with van der Waals surface area (Å²) in [6.07, 6.45) is 6.34. The summed E-state index contributed by atoms with van der Waals surface area (Å²) < 4.78 is 6.71. The van der Waals surface area contributed by atoms with E-state index >= 15 is 0 Å². The Balaban J connectivity index is 1.70. The molecule has 0 aromatic heterocycles. The Morgan fingerprint density at radius 3 is 2.50 bits per heavy atom. The highest BCUT2D eigenvalue weighted by atomic mass is 79.9. The summed E-state index contributed by atoms with van der Waals surface area (Å²) in [5.41, 5.74) is 2.71. The van der Waals surface area contributed by atoms with Gasteiger partial charge in [0.25, 0.3) is 5.91 Å². The Hall–Kier alpha value is -2.34. The van der Waals surface area contributed by atoms with Gasteiger partial charge in [-0.25, -0.2) is 0 Å². The standard InChI is InChI=1S/C24H29BrN2O3/c1-3-4-5-6-14-30-22-13-12-18(25)15-19(22)24(29)27-21-9-7-8-20(16(21)2)26-23(28)17-10-11-17/h7-9,12-13,15,17H,3-6,10-11,14H2,1-2H3,(H,26,28)(H,27,29). The van der Waals surface area contributed by atoms with Crippen LogP contribution in [0.2, 0.25) is 0 Å². The third kappa shape index (κ3) is 6.08. The lowest BCUT2D eigenvalue weighted by Gasteiger charge is -2.15. The van der Waals surface area contributed by atoms with Crippen molar-refractivity contribution in [2.24, 2.45) is 5.92 Å². The van der Waals surface area contributed by atoms with E-state index in [1.165, 1.54) is 12.8 Å². The van der Waals surface area contributed by atoms with E-state index in [1.807, 2.05) is 37.3 Å². The van der Waals surface area contributed by atoms with E-state index in [1.54, 1.807) is 6.07 Å². The summed E-state index contributed by atoms with van der Waals surface area (Å²) in [5, 5.41) is 5.94. The third-order valence-corrected chi connectivity index (χ3v) is 5.72. The zero-order valence-electron chi connectivity index (χ0n) is 17.6. The second kappa shape index (κ2) is 10.6. The maximum Gasteiger partial charge on any atom is 0.259 e. The van der Waals surface area contributed by atoms with Crippen LogP contribution in [0.4, 0.5) is 11.4 Å². The highest BCUT2D eigenvalue weighted by Gasteiger charge is 2.30. The minimum Gasteiger partial charge on any atom is -0.493 e. The third-order valence-electron chi connectivity index (χ3n) is 5.23. The van der Waals surface area contributed by atoms with Crippen LogP contribution in [-0.2, 0) is 4.79 Å². The van der Waals surface area contributed by atoms with Crippen LogP contribution in [0.5, 0.6) is 5.75 Å². The number of carbonyl (C=O) groups is 2. The van der Waals surface area contributed by atoms with Gasteiger partial charge in [0, 0.05) is 21.8 Å². The topological polar surface area (TPSA) is 67.4 Å². The maximum absolute atomic E-state index is 13.0. The van der Waals surface area contributed by atoms with Crippen molar-refractivity contribution in [3.63, 3.8) is 0 Å². The van der Waals surface area contributed by atoms with Crippen molar-refractivity contribution in [3.8, 4) is 5.75 Å². The minimum absolute atomic E-state index is 0.0484. The average Bonchev–Trinajstić information content (AvgIpc) is 3.57. The van der Waals surface area contributed by atoms with Crippen LogP contribution in [0.25, 0.3) is 0 Å². The molecule has 0 aliphatic heterocycles. The Kier molecular flexibility index (Phi) is 7.91. The molecule has 5 nitrogen and oxygen atoms in total. The average molecular weight is 473 g/mol. The van der Waals surface area contributed by atoms with Gasteiger partial charge in [0.05, 0.1) is 12.2 Å². The summed E-state index contributed by atoms with van der Waals surface area (Å²) in [4.78, 5) is 25.1. The molecule has 0 atom stereocenters. The summed E-state index contributed by atoms with van der Waals surface area (Å²) in [6, 6.07) is 11.0. The van der Waals surface area contributed by atoms with E-state index in [2.05, 4.69) is 33.5 Å². The van der Waals surface area contributed by atoms with Crippen molar-refractivity contribution in [1.82, 2.24) is 0 Å². The van der Waals surface area contributed by atoms with Crippen molar-refractivity contribution >= 4 is 39.1 Å². The predicted molar refractivity (Wildman–Crippen MR) is 124 cm³/mol. The number of anilines is 2. The fourth-order valence-electron chi connectivity index (χ4n) is 3.19. The number of hydrogen-bond donors (Lipinski definition) is 2. The first-order chi connectivity index (χ1) is 14.5. The largest absolute Gasteiger partial charge is 0.493 e. The highest BCUT2D eigenvalue weighted by molar-refractivity contribution is 9.10. The van der Waals surface area contributed by atoms with E-state index in [9.17, 15) is 9.59 Å². The Morgan fingerprint density at radius 1 is 1.07 bits per heavy atom. The lowest BCUT2D eigenvalue weighted by Crippen LogP contribution is -2.17. The van der Waals surface area contributed by atoms with Gasteiger partial charge < -0.3 is 15.4 Å². The molecule has 2 aromatic carbocycles. The predicted octanol–water partition coefficient (Wildman–Crippen LogP) is 6.32. The minimum atomic E-state index is -0.242. The smallest absolute Gasteiger partial charge is 0.259 e. The molecule has 1 aliphatic carbocycles. The number of nitrogens with one attached hydrogen (secondary N) is 2. The summed E-state index contributed by atoms with van der Waals surface area (Å²) >= 11 is 3.44. The number of hydrogen-bond acceptors (Lipinski definition) is 3. The lowest BCUT2D eigenvalue weighted by atomic mass is 10.1. The molecule has 3 rings (SSSR count). The van der Waals surface area contributed by atoms with Crippen molar-refractivity contribution < 1.29 is 14.3 Å². The summed E-state index contributed by atoms with van der Waals surface area (Å²) in [6.45, 7) is 4.65. The van der Waals surface area contributed by atoms with Crippen molar-refractivity contribution in [1.29, 1.82) is 0 Å². The van der Waals surface area contributed by atoms with Crippen molar-refractivity contribution in [2.45, 2.75) is 52.4 Å². The Bertz CT molecular complexity index is 909. The molecule has 2 N–H and O–H groups in total. The quantitative estimate of drug-likeness (QED) is 0.397. The van der Waals surface area contributed by atoms with E-state index in [0.29, 0.717) is 23.6 Å². The van der Waals surface area contributed by atoms with Gasteiger partial charge in [-0.15, -0.1) is 0 Å². The molecule has 0 bridgehead atoms. The van der Waals surface area contributed by atoms with Crippen molar-refractivity contribution in [3.05, 3.63) is 52.0 Å². The molecule has 2 aromatic rings. The number of benzene rings is 2. The first kappa shape index (κ1) is 22.3. The van der Waals surface area contributed by atoms with Crippen LogP contribution >= 0.6 is 15.9 Å². The number of ether oxygens (including phenoxy) is 1. The number of carbonyl (C=O) groups excluding carboxylic acids is 2. The van der Waals surface area contributed by atoms with Crippen LogP contribution in [0, 0.1) is 12.8 Å². The summed E-state index contributed by atoms with van der Waals surface area (Å²) in [7, 11) is 0. The molecule has 30 heavy (non-hydrogen) atoms. The van der Waals surface area contributed by atoms with E-state index in [-0.39, 0.29) is 17.7 Å². The van der Waals surface area contributed by atoms with Crippen molar-refractivity contribution in [2.75, 3.05) is 17.2 Å². The highest BCUT2D eigenvalue weighted by Crippen LogP contribution is 2.32. The monoisotopic (exact) mass is 472 g/mol. The zero-order chi connectivity index (χ0) is 21.5. The van der Waals surface area contributed by atoms with Crippen LogP contribution in [0.1, 0.15) is 61.4 Å². The van der Waals surface area contributed by atoms with Gasteiger partial charge in [-0.1, -0.05) is 48.2 Å². The number of unbranched alkanes of at least 4 members (excludes halogenated alkanes) is 3. The van der Waals surface area contributed by atoms with E-state index < -0.39 is 0 Å². The molecular formula is C24H29BrN2O3. The molecule has 0 radical (unpaired) electrons. The second-order valence-corrected chi connectivity index (χ2v) is 8.66. The van der Waals surface area contributed by atoms with Gasteiger partial charge in [0.1, 0.15) is 5.75 Å². The summed E-state index contributed by atoms with van der Waals surface area (Å²) in [5.74, 6) is 0.505. The molecule has 2 amide bonds. The van der Waals surface area contributed by atoms with Gasteiger partial charge in [-0.2, -0.15) is 0 Å². The van der Waals surface area contributed by atoms with Crippen LogP contribution in [0.15, 0.2) is 40.9 Å². The first-order valence-electron chi connectivity index (χ1n) is 10.6. The molecule has 1 saturated carbocycles. The molecule has 160 valence electrons. The second-order valence-electron chi connectivity index (χ2n) is 7.75. The molecular weight excluding hydrogens is 444 g/mol. The van der Waals surface area contributed by atoms with Crippen LogP contribution < -0.4 is 15.4 Å². The SMILES string of the molecule is CCCCCCOc1ccc(Br)cc1C(=O)Nc1cccc(NC(=O)C2CC2)c1C. The maximum atomic E-state index is 13.0. The van der Waals surface area contributed by atoms with Crippen LogP contribution in [0.3, 0.4) is 0 Å². The van der Waals surface area contributed by atoms with Gasteiger partial charge in [0.15, 0.2) is 0 Å². The van der Waals surface area contributed by atoms with Gasteiger partial charge in [-0.3, -0.25) is 9.59 Å². The number of halogens is 1. The first-order valence-corrected chi connectivity index (χ1v) is 11.4. The van der Waals surface area contributed by atoms with E-state index in [4.69, 9.17) is 4.74 Å². The molecule has 0 saturated heterocycles. The lowest BCUT2D eigenvalue weighted by molar-refractivity contribution is -0.117. The normalized spacial score (nSPS) is 13.0. The van der Waals surface area contributed by atoms with E-state index in [0.717, 1.165) is 41.4 Å².